The average Bonchev–Trinajstić information content (AvgIpc) is 3.25. The number of nitrogens with zero attached hydrogens (tertiary/aromatic N) is 2. The fourth-order valence-electron chi connectivity index (χ4n) is 5.93. The van der Waals surface area contributed by atoms with Gasteiger partial charge in [0.25, 0.3) is 0 Å². The van der Waals surface area contributed by atoms with Gasteiger partial charge in [-0.2, -0.15) is 0 Å². The van der Waals surface area contributed by atoms with Gasteiger partial charge in [-0.1, -0.05) is 89.6 Å². The fourth-order valence-corrected chi connectivity index (χ4v) is 5.93. The van der Waals surface area contributed by atoms with Crippen molar-refractivity contribution in [3.8, 4) is 11.1 Å². The molecule has 0 spiro atoms. The molecule has 0 N–H and O–H groups in total. The summed E-state index contributed by atoms with van der Waals surface area (Å²) < 4.78 is 11.6. The van der Waals surface area contributed by atoms with Gasteiger partial charge >= 0.3 is 6.09 Å². The Morgan fingerprint density at radius 3 is 1.89 bits per heavy atom. The summed E-state index contributed by atoms with van der Waals surface area (Å²) in [5, 5.41) is 0. The monoisotopic (exact) mass is 522 g/mol. The molecule has 208 valence electrons. The van der Waals surface area contributed by atoms with Gasteiger partial charge in [0.05, 0.1) is 12.1 Å². The Morgan fingerprint density at radius 2 is 1.42 bits per heavy atom. The fraction of sp³-hybridized carbons (Fsp3) is 0.562. The molecule has 6 nitrogen and oxygen atoms in total. The van der Waals surface area contributed by atoms with Crippen molar-refractivity contribution in [1.82, 2.24) is 9.80 Å². The number of benzene rings is 2. The third kappa shape index (κ3) is 6.23. The molecule has 0 heterocycles. The molecule has 4 unspecified atom stereocenters. The Bertz CT molecular complexity index is 1040. The zero-order valence-corrected chi connectivity index (χ0v) is 24.4. The predicted octanol–water partition coefficient (Wildman–Crippen LogP) is 6.58. The summed E-state index contributed by atoms with van der Waals surface area (Å²) in [4.78, 5) is 30.2. The molecule has 1 aliphatic carbocycles. The Hall–Kier alpha value is -2.86. The number of fused-ring (bicyclic) bond motifs is 3. The Labute approximate surface area is 229 Å². The van der Waals surface area contributed by atoms with E-state index in [9.17, 15) is 9.59 Å². The smallest absolute Gasteiger partial charge is 0.409 e. The topological polar surface area (TPSA) is 59.1 Å². The average molecular weight is 523 g/mol. The lowest BCUT2D eigenvalue weighted by Gasteiger charge is -2.39. The predicted molar refractivity (Wildman–Crippen MR) is 153 cm³/mol. The number of carbonyl (C=O) groups excluding carboxylic acids is 2. The molecule has 2 amide bonds. The van der Waals surface area contributed by atoms with Crippen molar-refractivity contribution >= 4 is 12.0 Å². The molecule has 38 heavy (non-hydrogen) atoms. The van der Waals surface area contributed by atoms with Crippen molar-refractivity contribution in [2.75, 3.05) is 27.8 Å². The highest BCUT2D eigenvalue weighted by Crippen LogP contribution is 2.44. The SMILES string of the molecule is CCC(C)C(C(CC)OC)N(C)C(=O)CC(C(C)C)N(C)C(=O)OCC1c2ccccc2-c2ccccc21. The van der Waals surface area contributed by atoms with Crippen LogP contribution in [-0.4, -0.2) is 67.8 Å². The van der Waals surface area contributed by atoms with Crippen LogP contribution in [0.25, 0.3) is 11.1 Å². The van der Waals surface area contributed by atoms with Crippen LogP contribution in [0.3, 0.4) is 0 Å². The molecule has 0 bridgehead atoms. The second kappa shape index (κ2) is 13.3. The maximum absolute atomic E-state index is 13.5. The number of ether oxygens (including phenoxy) is 2. The van der Waals surface area contributed by atoms with Crippen LogP contribution in [-0.2, 0) is 14.3 Å². The van der Waals surface area contributed by atoms with Crippen molar-refractivity contribution in [2.24, 2.45) is 11.8 Å². The van der Waals surface area contributed by atoms with Crippen molar-refractivity contribution in [3.63, 3.8) is 0 Å². The molecular weight excluding hydrogens is 476 g/mol. The first-order valence-electron chi connectivity index (χ1n) is 14.0. The summed E-state index contributed by atoms with van der Waals surface area (Å²) in [5.41, 5.74) is 4.76. The van der Waals surface area contributed by atoms with Crippen LogP contribution in [0.4, 0.5) is 4.79 Å². The van der Waals surface area contributed by atoms with Gasteiger partial charge in [0, 0.05) is 39.6 Å². The highest BCUT2D eigenvalue weighted by Gasteiger charge is 2.35. The highest BCUT2D eigenvalue weighted by atomic mass is 16.6. The number of amides is 2. The zero-order valence-electron chi connectivity index (χ0n) is 24.4. The summed E-state index contributed by atoms with van der Waals surface area (Å²) in [6.07, 6.45) is 1.59. The molecule has 3 rings (SSSR count). The number of carbonyl (C=O) groups is 2. The first kappa shape index (κ1) is 29.7. The third-order valence-corrected chi connectivity index (χ3v) is 8.43. The lowest BCUT2D eigenvalue weighted by molar-refractivity contribution is -0.138. The lowest BCUT2D eigenvalue weighted by Crippen LogP contribution is -2.51. The molecule has 2 aromatic carbocycles. The second-order valence-corrected chi connectivity index (χ2v) is 11.0. The molecule has 0 saturated carbocycles. The summed E-state index contributed by atoms with van der Waals surface area (Å²) in [6, 6.07) is 16.3. The first-order chi connectivity index (χ1) is 18.2. The van der Waals surface area contributed by atoms with E-state index < -0.39 is 6.09 Å². The van der Waals surface area contributed by atoms with Gasteiger partial charge in [-0.15, -0.1) is 0 Å². The van der Waals surface area contributed by atoms with E-state index in [1.54, 1.807) is 19.1 Å². The number of hydrogen-bond acceptors (Lipinski definition) is 4. The minimum Gasteiger partial charge on any atom is -0.448 e. The van der Waals surface area contributed by atoms with Gasteiger partial charge in [-0.3, -0.25) is 4.79 Å². The van der Waals surface area contributed by atoms with Crippen molar-refractivity contribution in [3.05, 3.63) is 59.7 Å². The molecule has 0 fully saturated rings. The van der Waals surface area contributed by atoms with Crippen molar-refractivity contribution < 1.29 is 19.1 Å². The van der Waals surface area contributed by atoms with Crippen LogP contribution >= 0.6 is 0 Å². The van der Waals surface area contributed by atoms with E-state index in [1.807, 2.05) is 50.1 Å². The van der Waals surface area contributed by atoms with Crippen LogP contribution in [0.15, 0.2) is 48.5 Å². The van der Waals surface area contributed by atoms with Gasteiger partial charge in [0.2, 0.25) is 5.91 Å². The highest BCUT2D eigenvalue weighted by molar-refractivity contribution is 5.80. The van der Waals surface area contributed by atoms with Crippen LogP contribution in [0.2, 0.25) is 0 Å². The van der Waals surface area contributed by atoms with Gasteiger partial charge in [0.1, 0.15) is 6.61 Å². The Kier molecular flexibility index (Phi) is 10.4. The first-order valence-corrected chi connectivity index (χ1v) is 14.0. The van der Waals surface area contributed by atoms with Gasteiger partial charge in [-0.05, 0) is 40.5 Å². The van der Waals surface area contributed by atoms with Gasteiger partial charge in [-0.25, -0.2) is 4.79 Å². The maximum atomic E-state index is 13.5. The van der Waals surface area contributed by atoms with Gasteiger partial charge < -0.3 is 19.3 Å². The van der Waals surface area contributed by atoms with E-state index in [-0.39, 0.29) is 49.0 Å². The second-order valence-electron chi connectivity index (χ2n) is 11.0. The van der Waals surface area contributed by atoms with Crippen LogP contribution in [0.5, 0.6) is 0 Å². The molecule has 2 aromatic rings. The maximum Gasteiger partial charge on any atom is 0.409 e. The standard InChI is InChI=1S/C32H46N2O4/c1-9-22(5)31(29(10-2)37-8)34(7)30(35)19-28(21(3)4)33(6)32(36)38-20-27-25-17-13-11-15-23(25)24-16-12-14-18-26(24)27/h11-18,21-22,27-29,31H,9-10,19-20H2,1-8H3. The zero-order chi connectivity index (χ0) is 28.0. The van der Waals surface area contributed by atoms with E-state index in [1.165, 1.54) is 22.3 Å². The molecule has 4 atom stereocenters. The van der Waals surface area contributed by atoms with E-state index in [0.29, 0.717) is 5.92 Å². The van der Waals surface area contributed by atoms with E-state index in [0.717, 1.165) is 12.8 Å². The molecular formula is C32H46N2O4. The molecule has 0 aromatic heterocycles. The summed E-state index contributed by atoms with van der Waals surface area (Å²) in [5.74, 6) is 0.402. The number of hydrogen-bond donors (Lipinski definition) is 0. The number of likely N-dealkylation sites (N-methyl/N-ethyl adjacent to an activating group) is 1. The van der Waals surface area contributed by atoms with E-state index >= 15 is 0 Å². The molecule has 0 saturated heterocycles. The van der Waals surface area contributed by atoms with Crippen molar-refractivity contribution in [2.45, 2.75) is 78.0 Å². The molecule has 0 aliphatic heterocycles. The normalized spacial score (nSPS) is 15.8. The van der Waals surface area contributed by atoms with E-state index in [4.69, 9.17) is 9.47 Å². The van der Waals surface area contributed by atoms with Crippen LogP contribution in [0, 0.1) is 11.8 Å². The molecule has 0 radical (unpaired) electrons. The Morgan fingerprint density at radius 1 is 0.868 bits per heavy atom. The van der Waals surface area contributed by atoms with Gasteiger partial charge in [0.15, 0.2) is 0 Å². The minimum absolute atomic E-state index is 0.00123. The van der Waals surface area contributed by atoms with Crippen LogP contribution in [0.1, 0.15) is 70.9 Å². The number of rotatable bonds is 12. The lowest BCUT2D eigenvalue weighted by atomic mass is 9.90. The molecule has 6 heteroatoms. The van der Waals surface area contributed by atoms with Crippen LogP contribution < -0.4 is 0 Å². The summed E-state index contributed by atoms with van der Waals surface area (Å²) in [7, 11) is 5.32. The quantitative estimate of drug-likeness (QED) is 0.316. The van der Waals surface area contributed by atoms with Crippen molar-refractivity contribution in [1.29, 1.82) is 0 Å². The minimum atomic E-state index is -0.400. The summed E-state index contributed by atoms with van der Waals surface area (Å²) >= 11 is 0. The Balaban J connectivity index is 1.70. The summed E-state index contributed by atoms with van der Waals surface area (Å²) in [6.45, 7) is 10.7. The largest absolute Gasteiger partial charge is 0.448 e. The third-order valence-electron chi connectivity index (χ3n) is 8.43. The molecule has 1 aliphatic rings. The number of methoxy groups -OCH3 is 1. The van der Waals surface area contributed by atoms with E-state index in [2.05, 4.69) is 45.0 Å².